The summed E-state index contributed by atoms with van der Waals surface area (Å²) in [6.07, 6.45) is 7.09. The van der Waals surface area contributed by atoms with Gasteiger partial charge in [-0.3, -0.25) is 0 Å². The second-order valence-electron chi connectivity index (χ2n) is 4.37. The predicted molar refractivity (Wildman–Crippen MR) is 65.4 cm³/mol. The summed E-state index contributed by atoms with van der Waals surface area (Å²) in [6.45, 7) is 1.92. The molecule has 0 spiro atoms. The summed E-state index contributed by atoms with van der Waals surface area (Å²) in [4.78, 5) is 4.25. The monoisotopic (exact) mass is 244 g/mol. The van der Waals surface area contributed by atoms with Crippen LogP contribution in [0.2, 0.25) is 0 Å². The maximum absolute atomic E-state index is 6.07. The second-order valence-corrected chi connectivity index (χ2v) is 5.62. The van der Waals surface area contributed by atoms with Crippen LogP contribution < -0.4 is 5.32 Å². The molecule has 15 heavy (non-hydrogen) atoms. The molecule has 0 atom stereocenters. The molecular weight excluding hydrogens is 228 g/mol. The van der Waals surface area contributed by atoms with E-state index in [1.165, 1.54) is 25.7 Å². The highest BCUT2D eigenvalue weighted by Crippen LogP contribution is 2.38. The lowest BCUT2D eigenvalue weighted by Gasteiger charge is -2.26. The number of aromatic nitrogens is 1. The molecule has 84 valence electrons. The van der Waals surface area contributed by atoms with E-state index in [2.05, 4.69) is 10.3 Å². The van der Waals surface area contributed by atoms with Gasteiger partial charge in [0, 0.05) is 30.5 Å². The maximum Gasteiger partial charge on any atom is 0.106 e. The average molecular weight is 245 g/mol. The average Bonchev–Trinajstić information content (AvgIpc) is 2.89. The van der Waals surface area contributed by atoms with Crippen molar-refractivity contribution in [1.82, 2.24) is 10.3 Å². The van der Waals surface area contributed by atoms with Gasteiger partial charge in [-0.2, -0.15) is 0 Å². The smallest absolute Gasteiger partial charge is 0.106 e. The van der Waals surface area contributed by atoms with E-state index in [0.717, 1.165) is 24.0 Å². The predicted octanol–water partition coefficient (Wildman–Crippen LogP) is 3.03. The van der Waals surface area contributed by atoms with E-state index in [0.29, 0.717) is 5.41 Å². The molecule has 2 nitrogen and oxygen atoms in total. The Kier molecular flexibility index (Phi) is 4.00. The number of alkyl halides is 1. The van der Waals surface area contributed by atoms with Crippen molar-refractivity contribution in [1.29, 1.82) is 0 Å². The third kappa shape index (κ3) is 2.92. The van der Waals surface area contributed by atoms with Crippen LogP contribution >= 0.6 is 22.9 Å². The molecule has 1 saturated carbocycles. The Hall–Kier alpha value is -0.120. The minimum atomic E-state index is 0.360. The molecule has 0 bridgehead atoms. The van der Waals surface area contributed by atoms with E-state index in [4.69, 9.17) is 11.6 Å². The summed E-state index contributed by atoms with van der Waals surface area (Å²) in [5, 5.41) is 6.67. The van der Waals surface area contributed by atoms with E-state index in [1.807, 2.05) is 11.6 Å². The quantitative estimate of drug-likeness (QED) is 0.806. The molecule has 1 aliphatic rings. The fraction of sp³-hybridized carbons (Fsp3) is 0.727. The van der Waals surface area contributed by atoms with E-state index in [1.54, 1.807) is 11.3 Å². The van der Waals surface area contributed by atoms with Crippen molar-refractivity contribution in [2.75, 3.05) is 12.4 Å². The fourth-order valence-corrected chi connectivity index (χ4v) is 3.21. The zero-order valence-corrected chi connectivity index (χ0v) is 10.4. The van der Waals surface area contributed by atoms with Gasteiger partial charge >= 0.3 is 0 Å². The van der Waals surface area contributed by atoms with Crippen molar-refractivity contribution >= 4 is 22.9 Å². The highest BCUT2D eigenvalue weighted by atomic mass is 35.5. The van der Waals surface area contributed by atoms with Gasteiger partial charge in [0.15, 0.2) is 0 Å². The highest BCUT2D eigenvalue weighted by Gasteiger charge is 2.32. The van der Waals surface area contributed by atoms with E-state index >= 15 is 0 Å². The summed E-state index contributed by atoms with van der Waals surface area (Å²) < 4.78 is 0. The Morgan fingerprint density at radius 1 is 1.47 bits per heavy atom. The lowest BCUT2D eigenvalue weighted by molar-refractivity contribution is 0.320. The van der Waals surface area contributed by atoms with Crippen molar-refractivity contribution in [2.24, 2.45) is 5.41 Å². The normalized spacial score (nSPS) is 19.5. The standard InChI is InChI=1S/C11H17ClN2S/c12-8-11(3-1-2-4-11)9-13-7-10-14-5-6-15-10/h5-6,13H,1-4,7-9H2. The van der Waals surface area contributed by atoms with Gasteiger partial charge in [0.1, 0.15) is 5.01 Å². The van der Waals surface area contributed by atoms with Crippen LogP contribution in [-0.2, 0) is 6.54 Å². The SMILES string of the molecule is ClCC1(CNCc2nccs2)CCCC1. The molecular formula is C11H17ClN2S. The summed E-state index contributed by atoms with van der Waals surface area (Å²) in [6, 6.07) is 0. The molecule has 2 rings (SSSR count). The van der Waals surface area contributed by atoms with Gasteiger partial charge in [-0.25, -0.2) is 4.98 Å². The number of halogens is 1. The van der Waals surface area contributed by atoms with Crippen molar-refractivity contribution in [3.63, 3.8) is 0 Å². The van der Waals surface area contributed by atoms with Gasteiger partial charge in [-0.05, 0) is 18.3 Å². The van der Waals surface area contributed by atoms with Crippen LogP contribution in [0, 0.1) is 5.41 Å². The van der Waals surface area contributed by atoms with Crippen LogP contribution in [0.5, 0.6) is 0 Å². The molecule has 0 aliphatic heterocycles. The molecule has 0 saturated heterocycles. The van der Waals surface area contributed by atoms with Gasteiger partial charge in [0.2, 0.25) is 0 Å². The molecule has 0 amide bonds. The molecule has 0 radical (unpaired) electrons. The largest absolute Gasteiger partial charge is 0.310 e. The molecule has 1 aromatic rings. The van der Waals surface area contributed by atoms with Gasteiger partial charge in [-0.1, -0.05) is 12.8 Å². The van der Waals surface area contributed by atoms with Crippen LogP contribution in [0.3, 0.4) is 0 Å². The third-order valence-electron chi connectivity index (χ3n) is 3.21. The number of rotatable bonds is 5. The Bertz CT molecular complexity index is 281. The van der Waals surface area contributed by atoms with Crippen molar-refractivity contribution in [3.8, 4) is 0 Å². The summed E-state index contributed by atoms with van der Waals surface area (Å²) in [5.74, 6) is 0.790. The number of nitrogens with one attached hydrogen (secondary N) is 1. The minimum Gasteiger partial charge on any atom is -0.310 e. The van der Waals surface area contributed by atoms with Gasteiger partial charge in [-0.15, -0.1) is 22.9 Å². The molecule has 0 aromatic carbocycles. The molecule has 1 N–H and O–H groups in total. The van der Waals surface area contributed by atoms with E-state index in [9.17, 15) is 0 Å². The lowest BCUT2D eigenvalue weighted by atomic mass is 9.88. The first-order valence-corrected chi connectivity index (χ1v) is 6.91. The first kappa shape index (κ1) is 11.4. The van der Waals surface area contributed by atoms with Crippen molar-refractivity contribution in [3.05, 3.63) is 16.6 Å². The molecule has 1 heterocycles. The van der Waals surface area contributed by atoms with Crippen molar-refractivity contribution in [2.45, 2.75) is 32.2 Å². The molecule has 1 fully saturated rings. The third-order valence-corrected chi connectivity index (χ3v) is 4.55. The zero-order valence-electron chi connectivity index (χ0n) is 8.84. The Morgan fingerprint density at radius 3 is 2.87 bits per heavy atom. The van der Waals surface area contributed by atoms with Crippen LogP contribution in [0.25, 0.3) is 0 Å². The second kappa shape index (κ2) is 5.28. The van der Waals surface area contributed by atoms with Crippen LogP contribution in [-0.4, -0.2) is 17.4 Å². The van der Waals surface area contributed by atoms with E-state index in [-0.39, 0.29) is 0 Å². The van der Waals surface area contributed by atoms with Crippen LogP contribution in [0.4, 0.5) is 0 Å². The lowest BCUT2D eigenvalue weighted by Crippen LogP contribution is -2.33. The summed E-state index contributed by atoms with van der Waals surface area (Å²) >= 11 is 7.78. The maximum atomic E-state index is 6.07. The number of nitrogens with zero attached hydrogens (tertiary/aromatic N) is 1. The summed E-state index contributed by atoms with van der Waals surface area (Å²) in [7, 11) is 0. The van der Waals surface area contributed by atoms with Gasteiger partial charge in [0.05, 0.1) is 0 Å². The molecule has 0 unspecified atom stereocenters. The van der Waals surface area contributed by atoms with Crippen molar-refractivity contribution < 1.29 is 0 Å². The number of hydrogen-bond acceptors (Lipinski definition) is 3. The summed E-state index contributed by atoms with van der Waals surface area (Å²) in [5.41, 5.74) is 0.360. The number of hydrogen-bond donors (Lipinski definition) is 1. The van der Waals surface area contributed by atoms with Gasteiger partial charge < -0.3 is 5.32 Å². The van der Waals surface area contributed by atoms with Crippen LogP contribution in [0.15, 0.2) is 11.6 Å². The van der Waals surface area contributed by atoms with E-state index < -0.39 is 0 Å². The first-order valence-electron chi connectivity index (χ1n) is 5.50. The van der Waals surface area contributed by atoms with Crippen LogP contribution in [0.1, 0.15) is 30.7 Å². The van der Waals surface area contributed by atoms with Gasteiger partial charge in [0.25, 0.3) is 0 Å². The zero-order chi connectivity index (χ0) is 10.6. The highest BCUT2D eigenvalue weighted by molar-refractivity contribution is 7.09. The Morgan fingerprint density at radius 2 is 2.27 bits per heavy atom. The fourth-order valence-electron chi connectivity index (χ4n) is 2.26. The topological polar surface area (TPSA) is 24.9 Å². The number of thiazole rings is 1. The molecule has 1 aromatic heterocycles. The Labute approximate surface area is 100 Å². The minimum absolute atomic E-state index is 0.360. The first-order chi connectivity index (χ1) is 7.35. The molecule has 4 heteroatoms. The Balaban J connectivity index is 1.77. The molecule has 1 aliphatic carbocycles.